The number of urea groups is 1. The summed E-state index contributed by atoms with van der Waals surface area (Å²) in [6, 6.07) is -0.687. The predicted molar refractivity (Wildman–Crippen MR) is 49.9 cm³/mol. The lowest BCUT2D eigenvalue weighted by Crippen LogP contribution is -2.48. The Labute approximate surface area is 87.4 Å². The van der Waals surface area contributed by atoms with Gasteiger partial charge < -0.3 is 25.4 Å². The largest absolute Gasteiger partial charge is 0.394 e. The van der Waals surface area contributed by atoms with Gasteiger partial charge >= 0.3 is 6.03 Å². The van der Waals surface area contributed by atoms with Gasteiger partial charge in [0, 0.05) is 14.2 Å². The zero-order chi connectivity index (χ0) is 11.6. The average Bonchev–Trinajstić information content (AvgIpc) is 2.53. The molecule has 4 unspecified atom stereocenters. The summed E-state index contributed by atoms with van der Waals surface area (Å²) in [7, 11) is 2.82. The molecule has 4 atom stereocenters. The van der Waals surface area contributed by atoms with E-state index in [-0.39, 0.29) is 6.61 Å². The molecule has 0 aromatic rings. The van der Waals surface area contributed by atoms with E-state index in [0.717, 1.165) is 4.90 Å². The first kappa shape index (κ1) is 12.2. The first-order valence-corrected chi connectivity index (χ1v) is 4.52. The molecule has 2 amide bonds. The van der Waals surface area contributed by atoms with Crippen molar-refractivity contribution in [2.75, 3.05) is 20.8 Å². The van der Waals surface area contributed by atoms with Gasteiger partial charge in [-0.2, -0.15) is 0 Å². The lowest BCUT2D eigenvalue weighted by molar-refractivity contribution is -0.0779. The number of primary amides is 1. The minimum absolute atomic E-state index is 0.343. The summed E-state index contributed by atoms with van der Waals surface area (Å²) < 4.78 is 10.3. The fourth-order valence-corrected chi connectivity index (χ4v) is 1.56. The highest BCUT2D eigenvalue weighted by Crippen LogP contribution is 2.25. The van der Waals surface area contributed by atoms with Crippen LogP contribution in [0.2, 0.25) is 0 Å². The molecule has 4 N–H and O–H groups in total. The van der Waals surface area contributed by atoms with Crippen LogP contribution in [0.25, 0.3) is 0 Å². The SMILES string of the molecule is COC1C(O)C(CO)OC1N(C)C(N)=O. The maximum Gasteiger partial charge on any atom is 0.316 e. The van der Waals surface area contributed by atoms with Crippen LogP contribution in [-0.2, 0) is 9.47 Å². The fraction of sp³-hybridized carbons (Fsp3) is 0.875. The number of likely N-dealkylation sites (N-methyl/N-ethyl adjacent to an activating group) is 1. The van der Waals surface area contributed by atoms with Crippen LogP contribution in [-0.4, -0.2) is 66.4 Å². The molecular weight excluding hydrogens is 204 g/mol. The molecule has 0 aromatic carbocycles. The number of aliphatic hydroxyl groups excluding tert-OH is 2. The first-order chi connectivity index (χ1) is 7.02. The second kappa shape index (κ2) is 4.75. The number of carbonyl (C=O) groups excluding carboxylic acids is 1. The van der Waals surface area contributed by atoms with Crippen LogP contribution < -0.4 is 5.73 Å². The molecule has 88 valence electrons. The van der Waals surface area contributed by atoms with Crippen LogP contribution in [0.4, 0.5) is 4.79 Å². The van der Waals surface area contributed by atoms with Gasteiger partial charge in [-0.15, -0.1) is 0 Å². The normalized spacial score (nSPS) is 35.5. The summed E-state index contributed by atoms with van der Waals surface area (Å²) in [5.41, 5.74) is 5.07. The Morgan fingerprint density at radius 3 is 2.67 bits per heavy atom. The van der Waals surface area contributed by atoms with Gasteiger partial charge in [0.05, 0.1) is 6.61 Å². The molecule has 1 aliphatic rings. The summed E-state index contributed by atoms with van der Waals surface area (Å²) in [6.07, 6.45) is -3.23. The minimum Gasteiger partial charge on any atom is -0.394 e. The van der Waals surface area contributed by atoms with E-state index in [4.69, 9.17) is 20.3 Å². The zero-order valence-corrected chi connectivity index (χ0v) is 8.66. The summed E-state index contributed by atoms with van der Waals surface area (Å²) in [5, 5.41) is 18.6. The van der Waals surface area contributed by atoms with E-state index in [2.05, 4.69) is 0 Å². The van der Waals surface area contributed by atoms with Crippen molar-refractivity contribution >= 4 is 6.03 Å². The molecule has 1 fully saturated rings. The van der Waals surface area contributed by atoms with Crippen LogP contribution in [0.3, 0.4) is 0 Å². The molecule has 7 nitrogen and oxygen atoms in total. The fourth-order valence-electron chi connectivity index (χ4n) is 1.56. The van der Waals surface area contributed by atoms with Crippen LogP contribution in [0.5, 0.6) is 0 Å². The lowest BCUT2D eigenvalue weighted by Gasteiger charge is -2.26. The average molecular weight is 220 g/mol. The molecule has 0 bridgehead atoms. The highest BCUT2D eigenvalue weighted by molar-refractivity contribution is 5.71. The Morgan fingerprint density at radius 1 is 1.67 bits per heavy atom. The number of rotatable bonds is 3. The van der Waals surface area contributed by atoms with E-state index in [1.54, 1.807) is 0 Å². The van der Waals surface area contributed by atoms with E-state index < -0.39 is 30.6 Å². The Balaban J connectivity index is 2.76. The Hall–Kier alpha value is -0.890. The Kier molecular flexibility index (Phi) is 3.86. The number of carbonyl (C=O) groups is 1. The number of methoxy groups -OCH3 is 1. The second-order valence-electron chi connectivity index (χ2n) is 3.39. The van der Waals surface area contributed by atoms with E-state index in [0.29, 0.717) is 0 Å². The van der Waals surface area contributed by atoms with E-state index in [1.165, 1.54) is 14.2 Å². The first-order valence-electron chi connectivity index (χ1n) is 4.52. The molecule has 0 saturated carbocycles. The quantitative estimate of drug-likeness (QED) is 0.514. The van der Waals surface area contributed by atoms with Crippen molar-refractivity contribution < 1.29 is 24.5 Å². The third kappa shape index (κ3) is 2.20. The number of amides is 2. The van der Waals surface area contributed by atoms with Crippen molar-refractivity contribution in [3.05, 3.63) is 0 Å². The van der Waals surface area contributed by atoms with Gasteiger partial charge in [-0.3, -0.25) is 4.90 Å². The second-order valence-corrected chi connectivity index (χ2v) is 3.39. The van der Waals surface area contributed by atoms with Crippen molar-refractivity contribution in [2.24, 2.45) is 5.73 Å². The standard InChI is InChI=1S/C8H16N2O5/c1-10(8(9)13)7-6(14-2)5(12)4(3-11)15-7/h4-7,11-12H,3H2,1-2H3,(H2,9,13). The van der Waals surface area contributed by atoms with E-state index in [1.807, 2.05) is 0 Å². The van der Waals surface area contributed by atoms with Gasteiger partial charge in [0.2, 0.25) is 0 Å². The molecule has 1 aliphatic heterocycles. The topological polar surface area (TPSA) is 105 Å². The molecule has 1 rings (SSSR count). The number of nitrogens with two attached hydrogens (primary N) is 1. The van der Waals surface area contributed by atoms with Crippen LogP contribution in [0.15, 0.2) is 0 Å². The smallest absolute Gasteiger partial charge is 0.316 e. The van der Waals surface area contributed by atoms with E-state index in [9.17, 15) is 9.90 Å². The molecule has 1 saturated heterocycles. The molecule has 0 aromatic heterocycles. The number of aliphatic hydroxyl groups is 2. The summed E-state index contributed by atoms with van der Waals surface area (Å²) in [5.74, 6) is 0. The van der Waals surface area contributed by atoms with Gasteiger partial charge in [0.25, 0.3) is 0 Å². The summed E-state index contributed by atoms with van der Waals surface area (Å²) >= 11 is 0. The summed E-state index contributed by atoms with van der Waals surface area (Å²) in [4.78, 5) is 12.0. The van der Waals surface area contributed by atoms with Crippen LogP contribution in [0, 0.1) is 0 Å². The van der Waals surface area contributed by atoms with Crippen molar-refractivity contribution in [3.63, 3.8) is 0 Å². The van der Waals surface area contributed by atoms with Gasteiger partial charge in [0.15, 0.2) is 6.23 Å². The minimum atomic E-state index is -0.980. The number of ether oxygens (including phenoxy) is 2. The number of nitrogens with zero attached hydrogens (tertiary/aromatic N) is 1. The monoisotopic (exact) mass is 220 g/mol. The van der Waals surface area contributed by atoms with Gasteiger partial charge in [-0.05, 0) is 0 Å². The Bertz CT molecular complexity index is 237. The number of hydrogen-bond acceptors (Lipinski definition) is 5. The number of hydrogen-bond donors (Lipinski definition) is 3. The van der Waals surface area contributed by atoms with Crippen molar-refractivity contribution in [3.8, 4) is 0 Å². The lowest BCUT2D eigenvalue weighted by atomic mass is 10.1. The van der Waals surface area contributed by atoms with Crippen molar-refractivity contribution in [1.82, 2.24) is 4.90 Å². The third-order valence-electron chi connectivity index (χ3n) is 2.49. The molecule has 15 heavy (non-hydrogen) atoms. The third-order valence-corrected chi connectivity index (χ3v) is 2.49. The molecule has 0 aliphatic carbocycles. The van der Waals surface area contributed by atoms with Gasteiger partial charge in [0.1, 0.15) is 18.3 Å². The van der Waals surface area contributed by atoms with E-state index >= 15 is 0 Å². The zero-order valence-electron chi connectivity index (χ0n) is 8.66. The molecular formula is C8H16N2O5. The summed E-state index contributed by atoms with van der Waals surface area (Å²) in [6.45, 7) is -0.343. The predicted octanol–water partition coefficient (Wildman–Crippen LogP) is -1.91. The van der Waals surface area contributed by atoms with Crippen molar-refractivity contribution in [2.45, 2.75) is 24.5 Å². The Morgan fingerprint density at radius 2 is 2.27 bits per heavy atom. The highest BCUT2D eigenvalue weighted by atomic mass is 16.6. The maximum absolute atomic E-state index is 10.9. The molecule has 0 spiro atoms. The van der Waals surface area contributed by atoms with Crippen LogP contribution >= 0.6 is 0 Å². The molecule has 7 heteroatoms. The molecule has 0 radical (unpaired) electrons. The van der Waals surface area contributed by atoms with Gasteiger partial charge in [-0.25, -0.2) is 4.79 Å². The van der Waals surface area contributed by atoms with Crippen LogP contribution in [0.1, 0.15) is 0 Å². The van der Waals surface area contributed by atoms with Gasteiger partial charge in [-0.1, -0.05) is 0 Å². The maximum atomic E-state index is 10.9. The molecule has 1 heterocycles. The van der Waals surface area contributed by atoms with Crippen molar-refractivity contribution in [1.29, 1.82) is 0 Å². The highest BCUT2D eigenvalue weighted by Gasteiger charge is 2.46.